The number of piperidine rings is 1. The Morgan fingerprint density at radius 2 is 1.15 bits per heavy atom. The average molecular weight is 304 g/mol. The molecule has 1 fully saturated rings. The summed E-state index contributed by atoms with van der Waals surface area (Å²) in [6.45, 7) is 10.5. The number of unbranched alkanes of at least 4 members (excludes halogenated alkanes) is 8. The summed E-state index contributed by atoms with van der Waals surface area (Å²) in [7, 11) is 0. The van der Waals surface area contributed by atoms with E-state index in [9.17, 15) is 0 Å². The monoisotopic (exact) mass is 303 g/mol. The first kappa shape index (κ1) is 20.2. The maximum Gasteiger partial charge on any atom is 0.0786 e. The predicted molar refractivity (Wildman–Crippen MR) is 86.5 cm³/mol. The molecule has 1 rings (SSSR count). The summed E-state index contributed by atoms with van der Waals surface area (Å²) in [5.74, 6) is 0. The van der Waals surface area contributed by atoms with Crippen LogP contribution in [0, 0.1) is 0 Å². The van der Waals surface area contributed by atoms with E-state index in [1.807, 2.05) is 0 Å². The summed E-state index contributed by atoms with van der Waals surface area (Å²) >= 11 is 0. The van der Waals surface area contributed by atoms with Crippen LogP contribution >= 0.6 is 0 Å². The SMILES string of the molecule is CCCCCCCCCCC[N+]1(CC)CCCCC1.[Cl-]. The molecule has 1 aliphatic heterocycles. The lowest BCUT2D eigenvalue weighted by atomic mass is 10.0. The van der Waals surface area contributed by atoms with E-state index in [0.29, 0.717) is 0 Å². The van der Waals surface area contributed by atoms with Gasteiger partial charge in [0.05, 0.1) is 26.2 Å². The van der Waals surface area contributed by atoms with Crippen LogP contribution in [0.15, 0.2) is 0 Å². The molecule has 0 aromatic heterocycles. The number of halogens is 1. The van der Waals surface area contributed by atoms with Crippen molar-refractivity contribution in [1.29, 1.82) is 0 Å². The highest BCUT2D eigenvalue weighted by molar-refractivity contribution is 4.54. The lowest BCUT2D eigenvalue weighted by Gasteiger charge is -2.41. The van der Waals surface area contributed by atoms with Crippen LogP contribution in [0.4, 0.5) is 0 Å². The van der Waals surface area contributed by atoms with Crippen molar-refractivity contribution in [3.05, 3.63) is 0 Å². The van der Waals surface area contributed by atoms with E-state index in [-0.39, 0.29) is 12.4 Å². The van der Waals surface area contributed by atoms with Gasteiger partial charge in [0.2, 0.25) is 0 Å². The second-order valence-electron chi connectivity index (χ2n) is 6.72. The number of hydrogen-bond acceptors (Lipinski definition) is 0. The minimum atomic E-state index is 0. The Morgan fingerprint density at radius 1 is 0.650 bits per heavy atom. The van der Waals surface area contributed by atoms with Crippen LogP contribution in [0.2, 0.25) is 0 Å². The van der Waals surface area contributed by atoms with Crippen LogP contribution in [-0.4, -0.2) is 30.7 Å². The van der Waals surface area contributed by atoms with Crippen LogP contribution in [0.3, 0.4) is 0 Å². The highest BCUT2D eigenvalue weighted by atomic mass is 35.5. The minimum absolute atomic E-state index is 0. The van der Waals surface area contributed by atoms with Crippen LogP contribution in [0.5, 0.6) is 0 Å². The van der Waals surface area contributed by atoms with Crippen molar-refractivity contribution in [2.24, 2.45) is 0 Å². The van der Waals surface area contributed by atoms with Crippen LogP contribution in [0.1, 0.15) is 90.9 Å². The Kier molecular flexibility index (Phi) is 13.1. The van der Waals surface area contributed by atoms with Crippen molar-refractivity contribution in [1.82, 2.24) is 0 Å². The van der Waals surface area contributed by atoms with E-state index < -0.39 is 0 Å². The van der Waals surface area contributed by atoms with E-state index in [0.717, 1.165) is 0 Å². The van der Waals surface area contributed by atoms with E-state index in [1.54, 1.807) is 0 Å². The van der Waals surface area contributed by atoms with E-state index >= 15 is 0 Å². The zero-order valence-electron chi connectivity index (χ0n) is 14.1. The third-order valence-corrected chi connectivity index (χ3v) is 5.17. The minimum Gasteiger partial charge on any atom is -1.00 e. The maximum atomic E-state index is 2.40. The molecule has 0 aliphatic carbocycles. The Hall–Kier alpha value is 0.250. The third kappa shape index (κ3) is 8.52. The number of likely N-dealkylation sites (tertiary alicyclic amines) is 1. The molecular formula is C18H38ClN. The summed E-state index contributed by atoms with van der Waals surface area (Å²) in [5.41, 5.74) is 0. The smallest absolute Gasteiger partial charge is 0.0786 e. The molecule has 0 N–H and O–H groups in total. The van der Waals surface area contributed by atoms with Gasteiger partial charge in [-0.1, -0.05) is 51.9 Å². The van der Waals surface area contributed by atoms with Gasteiger partial charge in [0.25, 0.3) is 0 Å². The summed E-state index contributed by atoms with van der Waals surface area (Å²) in [6.07, 6.45) is 17.6. The summed E-state index contributed by atoms with van der Waals surface area (Å²) in [4.78, 5) is 0. The molecule has 0 aromatic rings. The van der Waals surface area contributed by atoms with Gasteiger partial charge in [0.1, 0.15) is 0 Å². The van der Waals surface area contributed by atoms with Gasteiger partial charge >= 0.3 is 0 Å². The first-order chi connectivity index (χ1) is 9.33. The molecule has 0 saturated carbocycles. The molecule has 0 amide bonds. The number of rotatable bonds is 11. The van der Waals surface area contributed by atoms with Crippen molar-refractivity contribution in [2.45, 2.75) is 90.9 Å². The highest BCUT2D eigenvalue weighted by Gasteiger charge is 2.26. The predicted octanol–water partition coefficient (Wildman–Crippen LogP) is 2.54. The fraction of sp³-hybridized carbons (Fsp3) is 1.00. The van der Waals surface area contributed by atoms with Gasteiger partial charge in [-0.25, -0.2) is 0 Å². The quantitative estimate of drug-likeness (QED) is 0.406. The average Bonchev–Trinajstić information content (AvgIpc) is 2.46. The molecule has 2 heteroatoms. The summed E-state index contributed by atoms with van der Waals surface area (Å²) < 4.78 is 1.44. The van der Waals surface area contributed by atoms with E-state index in [4.69, 9.17) is 0 Å². The fourth-order valence-electron chi connectivity index (χ4n) is 3.64. The molecule has 0 radical (unpaired) electrons. The Balaban J connectivity index is 0.00000361. The molecule has 1 aliphatic rings. The summed E-state index contributed by atoms with van der Waals surface area (Å²) in [5, 5.41) is 0. The Labute approximate surface area is 134 Å². The van der Waals surface area contributed by atoms with Gasteiger partial charge in [-0.05, 0) is 39.0 Å². The van der Waals surface area contributed by atoms with Gasteiger partial charge in [0.15, 0.2) is 0 Å². The Bertz CT molecular complexity index is 200. The molecule has 0 unspecified atom stereocenters. The van der Waals surface area contributed by atoms with Crippen LogP contribution in [0.25, 0.3) is 0 Å². The highest BCUT2D eigenvalue weighted by Crippen LogP contribution is 2.20. The van der Waals surface area contributed by atoms with Crippen LogP contribution in [-0.2, 0) is 0 Å². The van der Waals surface area contributed by atoms with E-state index in [1.165, 1.54) is 108 Å². The molecule has 1 heterocycles. The van der Waals surface area contributed by atoms with Gasteiger partial charge in [-0.2, -0.15) is 0 Å². The van der Waals surface area contributed by atoms with Crippen molar-refractivity contribution in [3.8, 4) is 0 Å². The largest absolute Gasteiger partial charge is 1.00 e. The topological polar surface area (TPSA) is 0 Å². The van der Waals surface area contributed by atoms with Gasteiger partial charge in [-0.3, -0.25) is 0 Å². The second kappa shape index (κ2) is 13.0. The number of quaternary nitrogens is 1. The summed E-state index contributed by atoms with van der Waals surface area (Å²) in [6, 6.07) is 0. The first-order valence-corrected chi connectivity index (χ1v) is 9.18. The molecule has 0 bridgehead atoms. The zero-order valence-corrected chi connectivity index (χ0v) is 14.9. The fourth-order valence-corrected chi connectivity index (χ4v) is 3.64. The third-order valence-electron chi connectivity index (χ3n) is 5.17. The molecule has 20 heavy (non-hydrogen) atoms. The molecule has 1 saturated heterocycles. The number of hydrogen-bond donors (Lipinski definition) is 0. The molecule has 0 aromatic carbocycles. The zero-order chi connectivity index (χ0) is 13.8. The van der Waals surface area contributed by atoms with Crippen molar-refractivity contribution in [3.63, 3.8) is 0 Å². The van der Waals surface area contributed by atoms with Gasteiger partial charge in [-0.15, -0.1) is 0 Å². The molecule has 0 atom stereocenters. The Morgan fingerprint density at radius 3 is 1.65 bits per heavy atom. The van der Waals surface area contributed by atoms with Gasteiger partial charge in [0, 0.05) is 0 Å². The van der Waals surface area contributed by atoms with Crippen molar-refractivity contribution < 1.29 is 16.9 Å². The first-order valence-electron chi connectivity index (χ1n) is 9.18. The number of nitrogens with zero attached hydrogens (tertiary/aromatic N) is 1. The molecule has 0 spiro atoms. The molecule has 1 nitrogen and oxygen atoms in total. The maximum absolute atomic E-state index is 2.40. The normalized spacial score (nSPS) is 17.7. The molecule has 122 valence electrons. The second-order valence-corrected chi connectivity index (χ2v) is 6.72. The van der Waals surface area contributed by atoms with Gasteiger partial charge < -0.3 is 16.9 Å². The standard InChI is InChI=1S/C18H38N.ClH/c1-3-5-6-7-8-9-10-11-13-16-19(4-2)17-14-12-15-18-19;/h3-18H2,1-2H3;1H/q+1;/p-1. The van der Waals surface area contributed by atoms with Crippen molar-refractivity contribution >= 4 is 0 Å². The van der Waals surface area contributed by atoms with Crippen LogP contribution < -0.4 is 12.4 Å². The lowest BCUT2D eigenvalue weighted by Crippen LogP contribution is -3.00. The lowest BCUT2D eigenvalue weighted by molar-refractivity contribution is -0.931. The van der Waals surface area contributed by atoms with Crippen molar-refractivity contribution in [2.75, 3.05) is 26.2 Å². The van der Waals surface area contributed by atoms with E-state index in [2.05, 4.69) is 13.8 Å². The molecular weight excluding hydrogens is 266 g/mol.